The highest BCUT2D eigenvalue weighted by molar-refractivity contribution is 5.98. The van der Waals surface area contributed by atoms with E-state index in [4.69, 9.17) is 4.74 Å². The number of aromatic amines is 1. The van der Waals surface area contributed by atoms with Crippen LogP contribution in [0.3, 0.4) is 0 Å². The number of likely N-dealkylation sites (N-methyl/N-ethyl adjacent to an activating group) is 1. The molecule has 2 aromatic carbocycles. The summed E-state index contributed by atoms with van der Waals surface area (Å²) in [7, 11) is 2.09. The molecule has 0 unspecified atom stereocenters. The number of nitrogens with zero attached hydrogens (tertiary/aromatic N) is 3. The van der Waals surface area contributed by atoms with Crippen molar-refractivity contribution in [2.75, 3.05) is 39.8 Å². The number of nitrogens with one attached hydrogen (secondary N) is 1. The van der Waals surface area contributed by atoms with Crippen LogP contribution in [0.4, 0.5) is 0 Å². The van der Waals surface area contributed by atoms with Crippen LogP contribution in [0.25, 0.3) is 10.8 Å². The normalized spacial score (nSPS) is 16.7. The molecule has 0 atom stereocenters. The summed E-state index contributed by atoms with van der Waals surface area (Å²) in [5, 5.41) is 8.38. The zero-order valence-corrected chi connectivity index (χ0v) is 17.7. The number of rotatable bonds is 3. The average molecular weight is 418 g/mol. The predicted octanol–water partition coefficient (Wildman–Crippen LogP) is 2.23. The van der Waals surface area contributed by atoms with E-state index in [9.17, 15) is 9.59 Å². The quantitative estimate of drug-likeness (QED) is 0.706. The Morgan fingerprint density at radius 1 is 1.13 bits per heavy atom. The summed E-state index contributed by atoms with van der Waals surface area (Å²) < 4.78 is 5.86. The minimum atomic E-state index is -0.191. The van der Waals surface area contributed by atoms with E-state index < -0.39 is 0 Å². The third-order valence-corrected chi connectivity index (χ3v) is 6.23. The van der Waals surface area contributed by atoms with E-state index in [1.165, 1.54) is 0 Å². The summed E-state index contributed by atoms with van der Waals surface area (Å²) in [4.78, 5) is 29.8. The van der Waals surface area contributed by atoms with Crippen molar-refractivity contribution < 1.29 is 9.53 Å². The molecule has 31 heavy (non-hydrogen) atoms. The zero-order valence-electron chi connectivity index (χ0n) is 17.7. The molecule has 5 rings (SSSR count). The fourth-order valence-corrected chi connectivity index (χ4v) is 4.55. The molecule has 1 fully saturated rings. The fourth-order valence-electron chi connectivity index (χ4n) is 4.55. The molecule has 0 radical (unpaired) electrons. The van der Waals surface area contributed by atoms with Crippen LogP contribution < -0.4 is 10.3 Å². The van der Waals surface area contributed by atoms with E-state index in [0.29, 0.717) is 24.0 Å². The molecule has 0 saturated carbocycles. The molecular formula is C24H26N4O3. The second-order valence-electron chi connectivity index (χ2n) is 8.40. The van der Waals surface area contributed by atoms with Crippen molar-refractivity contribution >= 4 is 16.7 Å². The number of ether oxygens (including phenoxy) is 1. The van der Waals surface area contributed by atoms with Crippen molar-refractivity contribution in [2.45, 2.75) is 19.3 Å². The Kier molecular flexibility index (Phi) is 5.19. The molecular weight excluding hydrogens is 392 g/mol. The number of hydrogen-bond donors (Lipinski definition) is 1. The molecule has 7 heteroatoms. The number of carbonyl (C=O) groups is 1. The largest absolute Gasteiger partial charge is 0.492 e. The second-order valence-corrected chi connectivity index (χ2v) is 8.40. The minimum Gasteiger partial charge on any atom is -0.492 e. The number of fused-ring (bicyclic) bond motifs is 2. The maximum absolute atomic E-state index is 13.4. The number of benzene rings is 2. The topological polar surface area (TPSA) is 78.5 Å². The van der Waals surface area contributed by atoms with Crippen LogP contribution in [-0.4, -0.2) is 65.7 Å². The molecule has 2 aliphatic heterocycles. The Balaban J connectivity index is 1.51. The molecule has 160 valence electrons. The van der Waals surface area contributed by atoms with Crippen molar-refractivity contribution in [3.63, 3.8) is 0 Å². The molecule has 7 nitrogen and oxygen atoms in total. The van der Waals surface area contributed by atoms with Gasteiger partial charge >= 0.3 is 0 Å². The Hall–Kier alpha value is -3.19. The third kappa shape index (κ3) is 3.81. The number of carbonyl (C=O) groups excluding carboxylic acids is 1. The molecule has 0 bridgehead atoms. The zero-order chi connectivity index (χ0) is 21.4. The molecule has 1 N–H and O–H groups in total. The number of aromatic nitrogens is 2. The lowest BCUT2D eigenvalue weighted by atomic mass is 9.98. The van der Waals surface area contributed by atoms with Crippen molar-refractivity contribution in [3.8, 4) is 5.75 Å². The maximum atomic E-state index is 13.4. The number of H-pyrrole nitrogens is 1. The molecule has 1 amide bonds. The fraction of sp³-hybridized carbons (Fsp3) is 0.375. The number of amides is 1. The molecule has 2 aliphatic rings. The van der Waals surface area contributed by atoms with Gasteiger partial charge in [-0.2, -0.15) is 5.10 Å². The van der Waals surface area contributed by atoms with Gasteiger partial charge in [-0.05, 0) is 43.3 Å². The summed E-state index contributed by atoms with van der Waals surface area (Å²) >= 11 is 0. The Morgan fingerprint density at radius 2 is 1.97 bits per heavy atom. The van der Waals surface area contributed by atoms with Crippen LogP contribution in [0.2, 0.25) is 0 Å². The number of hydrogen-bond acceptors (Lipinski definition) is 5. The highest BCUT2D eigenvalue weighted by Crippen LogP contribution is 2.33. The van der Waals surface area contributed by atoms with Crippen LogP contribution in [-0.2, 0) is 12.8 Å². The second kappa shape index (κ2) is 8.15. The molecule has 1 aromatic heterocycles. The predicted molar refractivity (Wildman–Crippen MR) is 119 cm³/mol. The third-order valence-electron chi connectivity index (χ3n) is 6.23. The van der Waals surface area contributed by atoms with Gasteiger partial charge in [0.15, 0.2) is 0 Å². The van der Waals surface area contributed by atoms with Crippen LogP contribution in [0, 0.1) is 0 Å². The first kappa shape index (κ1) is 19.8. The summed E-state index contributed by atoms with van der Waals surface area (Å²) in [6, 6.07) is 11.5. The van der Waals surface area contributed by atoms with E-state index in [1.54, 1.807) is 6.07 Å². The van der Waals surface area contributed by atoms with Crippen LogP contribution in [0.15, 0.2) is 41.2 Å². The van der Waals surface area contributed by atoms with Gasteiger partial charge in [-0.15, -0.1) is 0 Å². The first-order chi connectivity index (χ1) is 15.1. The minimum absolute atomic E-state index is 0.0367. The van der Waals surface area contributed by atoms with Crippen molar-refractivity contribution in [1.29, 1.82) is 0 Å². The van der Waals surface area contributed by atoms with Crippen molar-refractivity contribution in [2.24, 2.45) is 0 Å². The molecule has 3 heterocycles. The van der Waals surface area contributed by atoms with E-state index >= 15 is 0 Å². The summed E-state index contributed by atoms with van der Waals surface area (Å²) in [5.41, 5.74) is 3.32. The summed E-state index contributed by atoms with van der Waals surface area (Å²) in [5.74, 6) is 0.764. The van der Waals surface area contributed by atoms with E-state index in [2.05, 4.69) is 28.2 Å². The van der Waals surface area contributed by atoms with Gasteiger partial charge in [0.05, 0.1) is 23.3 Å². The Labute approximate surface area is 180 Å². The smallest absolute Gasteiger partial charge is 0.272 e. The van der Waals surface area contributed by atoms with Crippen LogP contribution in [0.5, 0.6) is 5.75 Å². The Morgan fingerprint density at radius 3 is 2.84 bits per heavy atom. The highest BCUT2D eigenvalue weighted by atomic mass is 16.5. The average Bonchev–Trinajstić information content (AvgIpc) is 3.15. The molecule has 1 saturated heterocycles. The van der Waals surface area contributed by atoms with Gasteiger partial charge in [0.1, 0.15) is 5.75 Å². The van der Waals surface area contributed by atoms with E-state index in [1.807, 2.05) is 29.2 Å². The first-order valence-corrected chi connectivity index (χ1v) is 10.8. The maximum Gasteiger partial charge on any atom is 0.272 e. The van der Waals surface area contributed by atoms with Gasteiger partial charge < -0.3 is 14.5 Å². The van der Waals surface area contributed by atoms with Crippen LogP contribution in [0.1, 0.15) is 33.6 Å². The van der Waals surface area contributed by atoms with Crippen molar-refractivity contribution in [1.82, 2.24) is 20.0 Å². The van der Waals surface area contributed by atoms with Gasteiger partial charge in [0.25, 0.3) is 11.5 Å². The van der Waals surface area contributed by atoms with E-state index in [-0.39, 0.29) is 11.5 Å². The molecule has 3 aromatic rings. The highest BCUT2D eigenvalue weighted by Gasteiger charge is 2.27. The lowest BCUT2D eigenvalue weighted by Crippen LogP contribution is -2.34. The van der Waals surface area contributed by atoms with Gasteiger partial charge in [0, 0.05) is 37.9 Å². The van der Waals surface area contributed by atoms with Gasteiger partial charge in [-0.25, -0.2) is 5.10 Å². The van der Waals surface area contributed by atoms with Crippen LogP contribution >= 0.6 is 0 Å². The summed E-state index contributed by atoms with van der Waals surface area (Å²) in [6.07, 6.45) is 2.30. The standard InChI is InChI=1S/C24H26N4O3/c1-27-8-4-9-28(11-10-27)24(30)20-14-16(13-17-7-12-31-22(17)20)15-21-18-5-2-3-6-19(18)23(29)26-25-21/h2-3,5-6,13-14H,4,7-12,15H2,1H3,(H,26,29). The lowest BCUT2D eigenvalue weighted by molar-refractivity contribution is 0.0759. The SMILES string of the molecule is CN1CCCN(C(=O)c2cc(Cc3n[nH]c(=O)c4ccccc34)cc3c2OCC3)CC1. The van der Waals surface area contributed by atoms with Gasteiger partial charge in [-0.3, -0.25) is 9.59 Å². The summed E-state index contributed by atoms with van der Waals surface area (Å²) in [6.45, 7) is 3.96. The van der Waals surface area contributed by atoms with Gasteiger partial charge in [-0.1, -0.05) is 24.3 Å². The first-order valence-electron chi connectivity index (χ1n) is 10.8. The molecule has 0 spiro atoms. The van der Waals surface area contributed by atoms with Gasteiger partial charge in [0.2, 0.25) is 0 Å². The molecule has 0 aliphatic carbocycles. The van der Waals surface area contributed by atoms with E-state index in [0.717, 1.165) is 67.0 Å². The lowest BCUT2D eigenvalue weighted by Gasteiger charge is -2.22. The monoisotopic (exact) mass is 418 g/mol. The Bertz CT molecular complexity index is 1200. The van der Waals surface area contributed by atoms with Crippen molar-refractivity contribution in [3.05, 3.63) is 69.1 Å².